The highest BCUT2D eigenvalue weighted by Crippen LogP contribution is 2.03. The van der Waals surface area contributed by atoms with Crippen LogP contribution in [0.5, 0.6) is 0 Å². The van der Waals surface area contributed by atoms with E-state index in [4.69, 9.17) is 0 Å². The van der Waals surface area contributed by atoms with Crippen LogP contribution in [0.3, 0.4) is 0 Å². The molecular formula is C7H12N2. The SMILES string of the molecule is CC=C(C)N1C=NCC1. The molecule has 50 valence electrons. The van der Waals surface area contributed by atoms with Crippen LogP contribution in [-0.2, 0) is 0 Å². The first-order valence-electron chi connectivity index (χ1n) is 3.24. The van der Waals surface area contributed by atoms with Gasteiger partial charge in [0.15, 0.2) is 0 Å². The Bertz CT molecular complexity index is 147. The van der Waals surface area contributed by atoms with Crippen LogP contribution in [0.4, 0.5) is 0 Å². The first kappa shape index (κ1) is 6.33. The molecule has 0 radical (unpaired) electrons. The fourth-order valence-corrected chi connectivity index (χ4v) is 0.813. The monoisotopic (exact) mass is 124 g/mol. The lowest BCUT2D eigenvalue weighted by Crippen LogP contribution is -2.16. The second kappa shape index (κ2) is 2.67. The maximum atomic E-state index is 4.09. The first-order valence-corrected chi connectivity index (χ1v) is 3.24. The summed E-state index contributed by atoms with van der Waals surface area (Å²) < 4.78 is 0. The normalized spacial score (nSPS) is 19.3. The second-order valence-corrected chi connectivity index (χ2v) is 2.15. The molecule has 0 aromatic carbocycles. The van der Waals surface area contributed by atoms with Gasteiger partial charge in [0.2, 0.25) is 0 Å². The van der Waals surface area contributed by atoms with Gasteiger partial charge in [-0.15, -0.1) is 0 Å². The van der Waals surface area contributed by atoms with Gasteiger partial charge in [-0.05, 0) is 13.8 Å². The Balaban J connectivity index is 2.53. The van der Waals surface area contributed by atoms with E-state index >= 15 is 0 Å². The molecular weight excluding hydrogens is 112 g/mol. The Morgan fingerprint density at radius 3 is 3.00 bits per heavy atom. The van der Waals surface area contributed by atoms with Gasteiger partial charge in [-0.25, -0.2) is 0 Å². The van der Waals surface area contributed by atoms with Crippen LogP contribution in [0.25, 0.3) is 0 Å². The van der Waals surface area contributed by atoms with Gasteiger partial charge in [-0.3, -0.25) is 4.99 Å². The third kappa shape index (κ3) is 1.31. The maximum absolute atomic E-state index is 4.09. The summed E-state index contributed by atoms with van der Waals surface area (Å²) in [6.07, 6.45) is 3.99. The summed E-state index contributed by atoms with van der Waals surface area (Å²) in [6.45, 7) is 6.14. The summed E-state index contributed by atoms with van der Waals surface area (Å²) in [5, 5.41) is 0. The quantitative estimate of drug-likeness (QED) is 0.513. The van der Waals surface area contributed by atoms with Crippen molar-refractivity contribution >= 4 is 6.34 Å². The molecule has 0 saturated heterocycles. The molecule has 0 atom stereocenters. The second-order valence-electron chi connectivity index (χ2n) is 2.15. The van der Waals surface area contributed by atoms with Crippen molar-refractivity contribution in [3.8, 4) is 0 Å². The maximum Gasteiger partial charge on any atom is 0.0892 e. The number of aliphatic imine (C=N–C) groups is 1. The zero-order valence-electron chi connectivity index (χ0n) is 5.96. The Hall–Kier alpha value is -0.790. The van der Waals surface area contributed by atoms with Crippen molar-refractivity contribution in [2.45, 2.75) is 13.8 Å². The Labute approximate surface area is 55.9 Å². The molecule has 0 aromatic heterocycles. The lowest BCUT2D eigenvalue weighted by molar-refractivity contribution is 0.573. The molecule has 1 aliphatic heterocycles. The average molecular weight is 124 g/mol. The lowest BCUT2D eigenvalue weighted by Gasteiger charge is -2.12. The smallest absolute Gasteiger partial charge is 0.0892 e. The summed E-state index contributed by atoms with van der Waals surface area (Å²) in [6, 6.07) is 0. The number of rotatable bonds is 1. The van der Waals surface area contributed by atoms with E-state index in [9.17, 15) is 0 Å². The van der Waals surface area contributed by atoms with Gasteiger partial charge < -0.3 is 4.90 Å². The zero-order chi connectivity index (χ0) is 6.69. The molecule has 0 fully saturated rings. The summed E-state index contributed by atoms with van der Waals surface area (Å²) in [4.78, 5) is 6.25. The molecule has 0 bridgehead atoms. The van der Waals surface area contributed by atoms with Crippen LogP contribution in [0, 0.1) is 0 Å². The minimum absolute atomic E-state index is 0.950. The molecule has 1 heterocycles. The summed E-state index contributed by atoms with van der Waals surface area (Å²) >= 11 is 0. The number of hydrogen-bond acceptors (Lipinski definition) is 2. The van der Waals surface area contributed by atoms with E-state index in [2.05, 4.69) is 22.9 Å². The van der Waals surface area contributed by atoms with Crippen LogP contribution >= 0.6 is 0 Å². The predicted molar refractivity (Wildman–Crippen MR) is 39.5 cm³/mol. The lowest BCUT2D eigenvalue weighted by atomic mass is 10.4. The van der Waals surface area contributed by atoms with Gasteiger partial charge in [-0.1, -0.05) is 6.08 Å². The molecule has 2 nitrogen and oxygen atoms in total. The highest BCUT2D eigenvalue weighted by Gasteiger charge is 2.04. The van der Waals surface area contributed by atoms with Crippen LogP contribution in [0.2, 0.25) is 0 Å². The van der Waals surface area contributed by atoms with Gasteiger partial charge in [0.25, 0.3) is 0 Å². The summed E-state index contributed by atoms with van der Waals surface area (Å²) in [5.41, 5.74) is 1.29. The van der Waals surface area contributed by atoms with E-state index in [1.54, 1.807) is 0 Å². The molecule has 0 unspecified atom stereocenters. The number of nitrogens with zero attached hydrogens (tertiary/aromatic N) is 2. The Kier molecular flexibility index (Phi) is 1.88. The average Bonchev–Trinajstić information content (AvgIpc) is 2.37. The van der Waals surface area contributed by atoms with Crippen LogP contribution in [0.1, 0.15) is 13.8 Å². The summed E-state index contributed by atoms with van der Waals surface area (Å²) in [5.74, 6) is 0. The van der Waals surface area contributed by atoms with E-state index in [1.807, 2.05) is 13.3 Å². The van der Waals surface area contributed by atoms with Gasteiger partial charge in [0.1, 0.15) is 0 Å². The fourth-order valence-electron chi connectivity index (χ4n) is 0.813. The molecule has 9 heavy (non-hydrogen) atoms. The van der Waals surface area contributed by atoms with E-state index < -0.39 is 0 Å². The van der Waals surface area contributed by atoms with Crippen molar-refractivity contribution in [3.05, 3.63) is 11.8 Å². The third-order valence-electron chi connectivity index (χ3n) is 1.56. The zero-order valence-corrected chi connectivity index (χ0v) is 5.96. The minimum Gasteiger partial charge on any atom is -0.335 e. The van der Waals surface area contributed by atoms with Crippen LogP contribution in [-0.4, -0.2) is 24.3 Å². The topological polar surface area (TPSA) is 15.6 Å². The van der Waals surface area contributed by atoms with E-state index in [0.717, 1.165) is 13.1 Å². The Morgan fingerprint density at radius 1 is 1.78 bits per heavy atom. The highest BCUT2D eigenvalue weighted by atomic mass is 15.2. The van der Waals surface area contributed by atoms with Gasteiger partial charge in [0.05, 0.1) is 12.9 Å². The molecule has 0 spiro atoms. The van der Waals surface area contributed by atoms with E-state index in [1.165, 1.54) is 5.70 Å². The molecule has 0 aliphatic carbocycles. The van der Waals surface area contributed by atoms with E-state index in [-0.39, 0.29) is 0 Å². The van der Waals surface area contributed by atoms with Crippen molar-refractivity contribution in [1.82, 2.24) is 4.90 Å². The van der Waals surface area contributed by atoms with Crippen molar-refractivity contribution < 1.29 is 0 Å². The van der Waals surface area contributed by atoms with E-state index in [0.29, 0.717) is 0 Å². The van der Waals surface area contributed by atoms with Crippen molar-refractivity contribution in [2.24, 2.45) is 4.99 Å². The van der Waals surface area contributed by atoms with Crippen LogP contribution in [0.15, 0.2) is 16.8 Å². The number of hydrogen-bond donors (Lipinski definition) is 0. The first-order chi connectivity index (χ1) is 4.34. The molecule has 2 heteroatoms. The molecule has 0 aromatic rings. The fraction of sp³-hybridized carbons (Fsp3) is 0.571. The predicted octanol–water partition coefficient (Wildman–Crippen LogP) is 1.25. The third-order valence-corrected chi connectivity index (χ3v) is 1.56. The molecule has 0 amide bonds. The molecule has 0 saturated carbocycles. The van der Waals surface area contributed by atoms with Gasteiger partial charge >= 0.3 is 0 Å². The minimum atomic E-state index is 0.950. The van der Waals surface area contributed by atoms with Gasteiger partial charge in [0, 0.05) is 12.2 Å². The van der Waals surface area contributed by atoms with Crippen molar-refractivity contribution in [3.63, 3.8) is 0 Å². The van der Waals surface area contributed by atoms with Crippen LogP contribution < -0.4 is 0 Å². The largest absolute Gasteiger partial charge is 0.335 e. The van der Waals surface area contributed by atoms with Crippen molar-refractivity contribution in [2.75, 3.05) is 13.1 Å². The van der Waals surface area contributed by atoms with Gasteiger partial charge in [-0.2, -0.15) is 0 Å². The van der Waals surface area contributed by atoms with Crippen molar-refractivity contribution in [1.29, 1.82) is 0 Å². The standard InChI is InChI=1S/C7H12N2/c1-3-7(2)9-5-4-8-6-9/h3,6H,4-5H2,1-2H3. The Morgan fingerprint density at radius 2 is 2.56 bits per heavy atom. The molecule has 1 aliphatic rings. The highest BCUT2D eigenvalue weighted by molar-refractivity contribution is 5.59. The number of allylic oxidation sites excluding steroid dienone is 2. The molecule has 1 rings (SSSR count). The summed E-state index contributed by atoms with van der Waals surface area (Å²) in [7, 11) is 0. The molecule has 0 N–H and O–H groups in total.